The van der Waals surface area contributed by atoms with Crippen molar-refractivity contribution in [3.05, 3.63) is 65.7 Å². The van der Waals surface area contributed by atoms with E-state index in [1.807, 2.05) is 76.2 Å². The number of para-hydroxylation sites is 1. The molecule has 10 heteroatoms. The molecule has 0 unspecified atom stereocenters. The Bertz CT molecular complexity index is 1480. The number of ether oxygens (including phenoxy) is 2. The van der Waals surface area contributed by atoms with Crippen molar-refractivity contribution in [2.24, 2.45) is 0 Å². The van der Waals surface area contributed by atoms with Gasteiger partial charge in [-0.1, -0.05) is 22.5 Å². The molecule has 0 N–H and O–H groups in total. The summed E-state index contributed by atoms with van der Waals surface area (Å²) < 4.78 is 24.3. The molecule has 10 nitrogen and oxygen atoms in total. The summed E-state index contributed by atoms with van der Waals surface area (Å²) in [5.41, 5.74) is 3.62. The van der Waals surface area contributed by atoms with Gasteiger partial charge in [0.15, 0.2) is 5.69 Å². The first-order chi connectivity index (χ1) is 17.4. The van der Waals surface area contributed by atoms with Gasteiger partial charge in [0.05, 0.1) is 31.0 Å². The van der Waals surface area contributed by atoms with Crippen LogP contribution >= 0.6 is 0 Å². The van der Waals surface area contributed by atoms with Crippen LogP contribution < -0.4 is 9.47 Å². The van der Waals surface area contributed by atoms with Crippen molar-refractivity contribution in [3.63, 3.8) is 0 Å². The van der Waals surface area contributed by atoms with Crippen LogP contribution in [0.2, 0.25) is 0 Å². The van der Waals surface area contributed by atoms with E-state index >= 15 is 0 Å². The van der Waals surface area contributed by atoms with Gasteiger partial charge in [0.1, 0.15) is 23.0 Å². The van der Waals surface area contributed by atoms with Crippen LogP contribution in [0, 0.1) is 13.8 Å². The molecule has 0 radical (unpaired) electrons. The van der Waals surface area contributed by atoms with Gasteiger partial charge in [-0.3, -0.25) is 0 Å². The lowest BCUT2D eigenvalue weighted by atomic mass is 10.2. The van der Waals surface area contributed by atoms with Crippen molar-refractivity contribution in [1.29, 1.82) is 0 Å². The Balaban J connectivity index is 1.36. The fourth-order valence-electron chi connectivity index (χ4n) is 3.75. The summed E-state index contributed by atoms with van der Waals surface area (Å²) in [6.45, 7) is 8.11. The first-order valence-electron chi connectivity index (χ1n) is 11.5. The van der Waals surface area contributed by atoms with Crippen molar-refractivity contribution < 1.29 is 18.4 Å². The van der Waals surface area contributed by atoms with Gasteiger partial charge in [0, 0.05) is 5.56 Å². The van der Waals surface area contributed by atoms with Crippen LogP contribution in [0.1, 0.15) is 31.0 Å². The first kappa shape index (κ1) is 23.3. The highest BCUT2D eigenvalue weighted by Crippen LogP contribution is 2.31. The van der Waals surface area contributed by atoms with Gasteiger partial charge in [-0.05, 0) is 64.1 Å². The molecule has 0 saturated carbocycles. The van der Waals surface area contributed by atoms with Crippen molar-refractivity contribution in [1.82, 2.24) is 30.1 Å². The van der Waals surface area contributed by atoms with E-state index in [0.717, 1.165) is 28.3 Å². The third-order valence-corrected chi connectivity index (χ3v) is 5.63. The van der Waals surface area contributed by atoms with Crippen LogP contribution in [0.4, 0.5) is 0 Å². The van der Waals surface area contributed by atoms with Gasteiger partial charge in [-0.25, -0.2) is 9.67 Å². The molecule has 0 aliphatic heterocycles. The number of aromatic nitrogens is 6. The number of methoxy groups -OCH3 is 1. The van der Waals surface area contributed by atoms with E-state index in [0.29, 0.717) is 41.4 Å². The maximum absolute atomic E-state index is 5.93. The second kappa shape index (κ2) is 9.65. The molecule has 0 atom stereocenters. The standard InChI is InChI=1S/C26H26N6O4/c1-15(2)34-19-12-10-18(11-13-19)24-28-26(36-30-24)23-16(3)32(31-29-23)14-21-17(4)35-25(27-21)20-8-6-7-9-22(20)33-5/h6-13,15H,14H2,1-5H3. The van der Waals surface area contributed by atoms with E-state index in [9.17, 15) is 0 Å². The van der Waals surface area contributed by atoms with Crippen LogP contribution in [0.15, 0.2) is 57.5 Å². The molecule has 184 valence electrons. The van der Waals surface area contributed by atoms with Crippen LogP contribution in [-0.4, -0.2) is 43.3 Å². The highest BCUT2D eigenvalue weighted by molar-refractivity contribution is 5.63. The Morgan fingerprint density at radius 1 is 0.972 bits per heavy atom. The molecule has 0 aliphatic rings. The number of rotatable bonds is 8. The molecule has 0 amide bonds. The maximum Gasteiger partial charge on any atom is 0.280 e. The SMILES string of the molecule is COc1ccccc1-c1nc(Cn2nnc(-c3nc(-c4ccc(OC(C)C)cc4)no3)c2C)c(C)o1. The van der Waals surface area contributed by atoms with Crippen molar-refractivity contribution >= 4 is 0 Å². The summed E-state index contributed by atoms with van der Waals surface area (Å²) in [4.78, 5) is 9.20. The van der Waals surface area contributed by atoms with E-state index in [-0.39, 0.29) is 6.10 Å². The average molecular weight is 487 g/mol. The molecule has 3 heterocycles. The van der Waals surface area contributed by atoms with E-state index < -0.39 is 0 Å². The number of hydrogen-bond acceptors (Lipinski definition) is 9. The molecule has 36 heavy (non-hydrogen) atoms. The molecular weight excluding hydrogens is 460 g/mol. The minimum Gasteiger partial charge on any atom is -0.496 e. The van der Waals surface area contributed by atoms with Gasteiger partial charge in [-0.15, -0.1) is 5.10 Å². The molecule has 3 aromatic heterocycles. The normalized spacial score (nSPS) is 11.3. The summed E-state index contributed by atoms with van der Waals surface area (Å²) in [7, 11) is 1.62. The number of aryl methyl sites for hydroxylation is 1. The third-order valence-electron chi connectivity index (χ3n) is 5.63. The zero-order chi connectivity index (χ0) is 25.2. The number of hydrogen-bond donors (Lipinski definition) is 0. The number of nitrogens with zero attached hydrogens (tertiary/aromatic N) is 6. The summed E-state index contributed by atoms with van der Waals surface area (Å²) in [5, 5.41) is 12.7. The van der Waals surface area contributed by atoms with Crippen LogP contribution in [-0.2, 0) is 6.54 Å². The molecule has 5 rings (SSSR count). The average Bonchev–Trinajstić information content (AvgIpc) is 3.59. The minimum atomic E-state index is 0.104. The third kappa shape index (κ3) is 4.57. The lowest BCUT2D eigenvalue weighted by molar-refractivity contribution is 0.242. The van der Waals surface area contributed by atoms with Crippen LogP contribution in [0.25, 0.3) is 34.4 Å². The molecule has 0 spiro atoms. The summed E-state index contributed by atoms with van der Waals surface area (Å²) in [6, 6.07) is 15.1. The summed E-state index contributed by atoms with van der Waals surface area (Å²) >= 11 is 0. The fourth-order valence-corrected chi connectivity index (χ4v) is 3.75. The Hall–Kier alpha value is -4.47. The van der Waals surface area contributed by atoms with E-state index in [1.54, 1.807) is 11.8 Å². The zero-order valence-electron chi connectivity index (χ0n) is 20.7. The molecule has 0 saturated heterocycles. The van der Waals surface area contributed by atoms with Crippen molar-refractivity contribution in [3.8, 4) is 45.9 Å². The maximum atomic E-state index is 5.93. The highest BCUT2D eigenvalue weighted by atomic mass is 16.5. The fraction of sp³-hybridized carbons (Fsp3) is 0.269. The van der Waals surface area contributed by atoms with Crippen LogP contribution in [0.3, 0.4) is 0 Å². The highest BCUT2D eigenvalue weighted by Gasteiger charge is 2.21. The molecule has 2 aromatic carbocycles. The second-order valence-electron chi connectivity index (χ2n) is 8.52. The van der Waals surface area contributed by atoms with E-state index in [4.69, 9.17) is 18.4 Å². The smallest absolute Gasteiger partial charge is 0.280 e. The Labute approximate surface area is 207 Å². The van der Waals surface area contributed by atoms with Crippen molar-refractivity contribution in [2.75, 3.05) is 7.11 Å². The van der Waals surface area contributed by atoms with Gasteiger partial charge in [-0.2, -0.15) is 4.98 Å². The molecule has 5 aromatic rings. The second-order valence-corrected chi connectivity index (χ2v) is 8.52. The Morgan fingerprint density at radius 2 is 1.75 bits per heavy atom. The van der Waals surface area contributed by atoms with Crippen LogP contribution in [0.5, 0.6) is 11.5 Å². The van der Waals surface area contributed by atoms with E-state index in [2.05, 4.69) is 25.4 Å². The van der Waals surface area contributed by atoms with Gasteiger partial charge in [0.25, 0.3) is 5.89 Å². The van der Waals surface area contributed by atoms with Crippen molar-refractivity contribution in [2.45, 2.75) is 40.3 Å². The van der Waals surface area contributed by atoms with E-state index in [1.165, 1.54) is 0 Å². The summed E-state index contributed by atoms with van der Waals surface area (Å²) in [5.74, 6) is 3.42. The molecule has 0 fully saturated rings. The minimum absolute atomic E-state index is 0.104. The monoisotopic (exact) mass is 486 g/mol. The molecule has 0 bridgehead atoms. The lowest BCUT2D eigenvalue weighted by Gasteiger charge is -2.09. The topological polar surface area (TPSA) is 114 Å². The first-order valence-corrected chi connectivity index (χ1v) is 11.5. The van der Waals surface area contributed by atoms with Gasteiger partial charge in [0.2, 0.25) is 11.7 Å². The number of oxazole rings is 1. The Morgan fingerprint density at radius 3 is 2.50 bits per heavy atom. The lowest BCUT2D eigenvalue weighted by Crippen LogP contribution is -2.05. The van der Waals surface area contributed by atoms with Gasteiger partial charge >= 0.3 is 0 Å². The molecule has 0 aliphatic carbocycles. The number of benzene rings is 2. The Kier molecular flexibility index (Phi) is 6.24. The molecular formula is C26H26N6O4. The zero-order valence-corrected chi connectivity index (χ0v) is 20.7. The quantitative estimate of drug-likeness (QED) is 0.295. The predicted octanol–water partition coefficient (Wildman–Crippen LogP) is 5.11. The largest absolute Gasteiger partial charge is 0.496 e. The van der Waals surface area contributed by atoms with Gasteiger partial charge < -0.3 is 18.4 Å². The summed E-state index contributed by atoms with van der Waals surface area (Å²) in [6.07, 6.45) is 0.104. The predicted molar refractivity (Wildman–Crippen MR) is 132 cm³/mol.